The van der Waals surface area contributed by atoms with Crippen LogP contribution in [0.2, 0.25) is 0 Å². The number of pyridine rings is 1. The molecule has 1 aromatic heterocycles. The molecule has 2 aromatic carbocycles. The zero-order valence-electron chi connectivity index (χ0n) is 13.6. The minimum absolute atomic E-state index is 0.682. The number of rotatable bonds is 8. The van der Waals surface area contributed by atoms with E-state index >= 15 is 0 Å². The van der Waals surface area contributed by atoms with Crippen molar-refractivity contribution < 1.29 is 4.74 Å². The van der Waals surface area contributed by atoms with Crippen LogP contribution in [-0.4, -0.2) is 18.1 Å². The Kier molecular flexibility index (Phi) is 5.84. The molecular weight excluding hydrogens is 296 g/mol. The van der Waals surface area contributed by atoms with Crippen molar-refractivity contribution in [3.63, 3.8) is 0 Å². The minimum atomic E-state index is 0.682. The van der Waals surface area contributed by atoms with Crippen LogP contribution in [0.3, 0.4) is 0 Å². The lowest BCUT2D eigenvalue weighted by Gasteiger charge is -2.08. The van der Waals surface area contributed by atoms with Crippen LogP contribution in [0.25, 0.3) is 0 Å². The van der Waals surface area contributed by atoms with Crippen LogP contribution >= 0.6 is 0 Å². The third kappa shape index (κ3) is 5.13. The third-order valence-electron chi connectivity index (χ3n) is 3.57. The van der Waals surface area contributed by atoms with Gasteiger partial charge in [0, 0.05) is 19.2 Å². The molecule has 0 atom stereocenters. The maximum atomic E-state index is 5.77. The van der Waals surface area contributed by atoms with Crippen molar-refractivity contribution >= 4 is 5.82 Å². The summed E-state index contributed by atoms with van der Waals surface area (Å²) in [6.07, 6.45) is 4.86. The lowest BCUT2D eigenvalue weighted by Crippen LogP contribution is -2.08. The van der Waals surface area contributed by atoms with Gasteiger partial charge in [0.15, 0.2) is 0 Å². The zero-order chi connectivity index (χ0) is 16.5. The second kappa shape index (κ2) is 8.73. The smallest absolute Gasteiger partial charge is 0.125 e. The SMILES string of the molecule is [CH](c1ccccc1)c1ccc(OCCCNc2ccccn2)cc1. The number of hydrogen-bond acceptors (Lipinski definition) is 3. The van der Waals surface area contributed by atoms with Crippen LogP contribution in [-0.2, 0) is 0 Å². The van der Waals surface area contributed by atoms with Gasteiger partial charge in [-0.15, -0.1) is 0 Å². The number of ether oxygens (including phenoxy) is 1. The van der Waals surface area contributed by atoms with Crippen LogP contribution in [0, 0.1) is 6.42 Å². The van der Waals surface area contributed by atoms with Crippen LogP contribution in [0.4, 0.5) is 5.82 Å². The van der Waals surface area contributed by atoms with Crippen molar-refractivity contribution in [3.05, 3.63) is 96.5 Å². The normalized spacial score (nSPS) is 10.3. The first-order valence-corrected chi connectivity index (χ1v) is 8.18. The average Bonchev–Trinajstić information content (AvgIpc) is 2.65. The summed E-state index contributed by atoms with van der Waals surface area (Å²) in [5.41, 5.74) is 2.37. The zero-order valence-corrected chi connectivity index (χ0v) is 13.6. The number of nitrogens with zero attached hydrogens (tertiary/aromatic N) is 1. The molecule has 3 nitrogen and oxygen atoms in total. The van der Waals surface area contributed by atoms with E-state index in [0.29, 0.717) is 6.61 Å². The van der Waals surface area contributed by atoms with Crippen molar-refractivity contribution in [2.45, 2.75) is 6.42 Å². The summed E-state index contributed by atoms with van der Waals surface area (Å²) >= 11 is 0. The van der Waals surface area contributed by atoms with E-state index in [9.17, 15) is 0 Å². The predicted molar refractivity (Wildman–Crippen MR) is 98.2 cm³/mol. The molecule has 3 rings (SSSR count). The molecule has 24 heavy (non-hydrogen) atoms. The summed E-state index contributed by atoms with van der Waals surface area (Å²) in [5.74, 6) is 1.80. The molecule has 0 unspecified atom stereocenters. The molecule has 0 aliphatic rings. The quantitative estimate of drug-likeness (QED) is 0.618. The van der Waals surface area contributed by atoms with E-state index < -0.39 is 0 Å². The fraction of sp³-hybridized carbons (Fsp3) is 0.143. The Labute approximate surface area is 143 Å². The van der Waals surface area contributed by atoms with E-state index in [1.165, 1.54) is 11.1 Å². The fourth-order valence-electron chi connectivity index (χ4n) is 2.35. The third-order valence-corrected chi connectivity index (χ3v) is 3.57. The Balaban J connectivity index is 1.38. The number of anilines is 1. The van der Waals surface area contributed by atoms with Crippen LogP contribution in [0.5, 0.6) is 5.75 Å². The maximum absolute atomic E-state index is 5.77. The molecular formula is C21H21N2O. The second-order valence-corrected chi connectivity index (χ2v) is 5.47. The molecule has 0 saturated heterocycles. The standard InChI is InChI=1S/C21H21N2O/c1-2-7-18(8-3-1)17-19-10-12-20(13-11-19)24-16-6-15-23-21-9-4-5-14-22-21/h1-5,7-14,17H,6,15-16H2,(H,22,23). The fourth-order valence-corrected chi connectivity index (χ4v) is 2.35. The van der Waals surface area contributed by atoms with E-state index in [1.807, 2.05) is 48.5 Å². The molecule has 0 amide bonds. The Bertz CT molecular complexity index is 712. The van der Waals surface area contributed by atoms with Crippen LogP contribution in [0.15, 0.2) is 79.0 Å². The maximum Gasteiger partial charge on any atom is 0.125 e. The van der Waals surface area contributed by atoms with Gasteiger partial charge in [0.2, 0.25) is 0 Å². The van der Waals surface area contributed by atoms with Gasteiger partial charge in [-0.25, -0.2) is 4.98 Å². The van der Waals surface area contributed by atoms with Gasteiger partial charge in [0.1, 0.15) is 11.6 Å². The van der Waals surface area contributed by atoms with Gasteiger partial charge in [-0.2, -0.15) is 0 Å². The highest BCUT2D eigenvalue weighted by atomic mass is 16.5. The Morgan fingerprint density at radius 2 is 1.58 bits per heavy atom. The monoisotopic (exact) mass is 317 g/mol. The van der Waals surface area contributed by atoms with E-state index in [1.54, 1.807) is 6.20 Å². The second-order valence-electron chi connectivity index (χ2n) is 5.47. The highest BCUT2D eigenvalue weighted by Gasteiger charge is 1.98. The summed E-state index contributed by atoms with van der Waals surface area (Å²) in [4.78, 5) is 4.22. The molecule has 0 spiro atoms. The lowest BCUT2D eigenvalue weighted by molar-refractivity contribution is 0.315. The largest absolute Gasteiger partial charge is 0.494 e. The van der Waals surface area contributed by atoms with Gasteiger partial charge < -0.3 is 10.1 Å². The van der Waals surface area contributed by atoms with Crippen molar-refractivity contribution in [1.29, 1.82) is 0 Å². The Morgan fingerprint density at radius 1 is 0.833 bits per heavy atom. The number of hydrogen-bond donors (Lipinski definition) is 1. The van der Waals surface area contributed by atoms with Gasteiger partial charge in [-0.05, 0) is 41.8 Å². The van der Waals surface area contributed by atoms with Gasteiger partial charge in [0.05, 0.1) is 6.61 Å². The number of aromatic nitrogens is 1. The number of nitrogens with one attached hydrogen (secondary N) is 1. The number of benzene rings is 2. The highest BCUT2D eigenvalue weighted by molar-refractivity contribution is 5.39. The summed E-state index contributed by atoms with van der Waals surface area (Å²) in [7, 11) is 0. The first-order chi connectivity index (χ1) is 11.9. The summed E-state index contributed by atoms with van der Waals surface area (Å²) < 4.78 is 5.77. The molecule has 3 aromatic rings. The van der Waals surface area contributed by atoms with Crippen molar-refractivity contribution in [2.24, 2.45) is 0 Å². The summed E-state index contributed by atoms with van der Waals surface area (Å²) in [5, 5.41) is 3.27. The summed E-state index contributed by atoms with van der Waals surface area (Å²) in [6, 6.07) is 24.3. The van der Waals surface area contributed by atoms with E-state index in [-0.39, 0.29) is 0 Å². The molecule has 1 N–H and O–H groups in total. The van der Waals surface area contributed by atoms with Gasteiger partial charge in [-0.3, -0.25) is 0 Å². The average molecular weight is 317 g/mol. The van der Waals surface area contributed by atoms with Crippen molar-refractivity contribution in [3.8, 4) is 5.75 Å². The molecule has 0 saturated carbocycles. The molecule has 0 aliphatic carbocycles. The molecule has 0 fully saturated rings. The van der Waals surface area contributed by atoms with E-state index in [0.717, 1.165) is 24.5 Å². The minimum Gasteiger partial charge on any atom is -0.494 e. The molecule has 0 aliphatic heterocycles. The van der Waals surface area contributed by atoms with Gasteiger partial charge in [0.25, 0.3) is 0 Å². The highest BCUT2D eigenvalue weighted by Crippen LogP contribution is 2.16. The first-order valence-electron chi connectivity index (χ1n) is 8.18. The van der Waals surface area contributed by atoms with E-state index in [4.69, 9.17) is 4.74 Å². The van der Waals surface area contributed by atoms with Gasteiger partial charge in [-0.1, -0.05) is 48.5 Å². The van der Waals surface area contributed by atoms with Crippen LogP contribution in [0.1, 0.15) is 17.5 Å². The topological polar surface area (TPSA) is 34.1 Å². The molecule has 0 bridgehead atoms. The van der Waals surface area contributed by atoms with Crippen LogP contribution < -0.4 is 10.1 Å². The van der Waals surface area contributed by atoms with Crippen molar-refractivity contribution in [2.75, 3.05) is 18.5 Å². The van der Waals surface area contributed by atoms with Gasteiger partial charge >= 0.3 is 0 Å². The lowest BCUT2D eigenvalue weighted by atomic mass is 10.1. The molecule has 121 valence electrons. The van der Waals surface area contributed by atoms with Crippen molar-refractivity contribution in [1.82, 2.24) is 4.98 Å². The Hall–Kier alpha value is -2.81. The van der Waals surface area contributed by atoms with E-state index in [2.05, 4.69) is 41.0 Å². The molecule has 1 heterocycles. The summed E-state index contributed by atoms with van der Waals surface area (Å²) in [6.45, 7) is 1.53. The first kappa shape index (κ1) is 16.1. The molecule has 3 heteroatoms. The predicted octanol–water partition coefficient (Wildman–Crippen LogP) is 4.56. The molecule has 1 radical (unpaired) electrons. The Morgan fingerprint density at radius 3 is 2.33 bits per heavy atom.